The fourth-order valence-electron chi connectivity index (χ4n) is 1.90. The summed E-state index contributed by atoms with van der Waals surface area (Å²) < 4.78 is 5.06. The molecule has 0 N–H and O–H groups in total. The highest BCUT2D eigenvalue weighted by atomic mass is 16.5. The molecule has 0 aliphatic heterocycles. The lowest BCUT2D eigenvalue weighted by molar-refractivity contribution is 0.0879. The van der Waals surface area contributed by atoms with Crippen LogP contribution in [0.15, 0.2) is 24.3 Å². The number of ketones is 1. The largest absolute Gasteiger partial charge is 0.497 e. The highest BCUT2D eigenvalue weighted by Crippen LogP contribution is 2.24. The summed E-state index contributed by atoms with van der Waals surface area (Å²) in [4.78, 5) is 12.3. The number of hydrogen-bond acceptors (Lipinski definition) is 3. The van der Waals surface area contributed by atoms with Crippen LogP contribution in [0.2, 0.25) is 0 Å². The van der Waals surface area contributed by atoms with E-state index in [1.165, 1.54) is 0 Å². The first-order valence-corrected chi connectivity index (χ1v) is 6.19. The maximum absolute atomic E-state index is 12.3. The van der Waals surface area contributed by atoms with Crippen LogP contribution in [0.3, 0.4) is 0 Å². The highest BCUT2D eigenvalue weighted by Gasteiger charge is 2.24. The molecule has 2 atom stereocenters. The lowest BCUT2D eigenvalue weighted by Crippen LogP contribution is -2.21. The van der Waals surface area contributed by atoms with Crippen LogP contribution in [0, 0.1) is 23.2 Å². The van der Waals surface area contributed by atoms with Crippen molar-refractivity contribution in [1.29, 1.82) is 5.26 Å². The topological polar surface area (TPSA) is 50.1 Å². The Morgan fingerprint density at radius 3 is 2.44 bits per heavy atom. The number of ether oxygens (including phenoxy) is 1. The molecule has 96 valence electrons. The number of carbonyl (C=O) groups is 1. The van der Waals surface area contributed by atoms with Gasteiger partial charge in [-0.2, -0.15) is 5.26 Å². The van der Waals surface area contributed by atoms with Crippen molar-refractivity contribution in [3.63, 3.8) is 0 Å². The first kappa shape index (κ1) is 14.2. The monoisotopic (exact) mass is 245 g/mol. The summed E-state index contributed by atoms with van der Waals surface area (Å²) in [6, 6.07) is 9.17. The average molecular weight is 245 g/mol. The Kier molecular flexibility index (Phi) is 5.38. The second-order valence-corrected chi connectivity index (χ2v) is 4.45. The van der Waals surface area contributed by atoms with Crippen LogP contribution in [-0.2, 0) is 0 Å². The van der Waals surface area contributed by atoms with Crippen molar-refractivity contribution in [2.24, 2.45) is 11.8 Å². The van der Waals surface area contributed by atoms with Crippen LogP contribution in [0.25, 0.3) is 0 Å². The van der Waals surface area contributed by atoms with Gasteiger partial charge in [0, 0.05) is 17.9 Å². The number of carbonyl (C=O) groups excluding carboxylic acids is 1. The zero-order valence-electron chi connectivity index (χ0n) is 11.1. The van der Waals surface area contributed by atoms with Gasteiger partial charge in [0.2, 0.25) is 0 Å². The van der Waals surface area contributed by atoms with E-state index in [1.54, 1.807) is 31.4 Å². The van der Waals surface area contributed by atoms with Crippen LogP contribution in [0.5, 0.6) is 5.75 Å². The zero-order chi connectivity index (χ0) is 13.5. The van der Waals surface area contributed by atoms with E-state index in [1.807, 2.05) is 13.8 Å². The number of rotatable bonds is 6. The van der Waals surface area contributed by atoms with Crippen molar-refractivity contribution in [2.75, 3.05) is 7.11 Å². The van der Waals surface area contributed by atoms with Crippen molar-refractivity contribution in [3.8, 4) is 11.8 Å². The van der Waals surface area contributed by atoms with E-state index >= 15 is 0 Å². The van der Waals surface area contributed by atoms with Gasteiger partial charge in [-0.05, 0) is 30.2 Å². The molecule has 1 aromatic carbocycles. The van der Waals surface area contributed by atoms with Crippen LogP contribution in [0.4, 0.5) is 0 Å². The Bertz CT molecular complexity index is 431. The van der Waals surface area contributed by atoms with Crippen LogP contribution in [-0.4, -0.2) is 12.9 Å². The minimum absolute atomic E-state index is 0.0496. The molecule has 0 bridgehead atoms. The van der Waals surface area contributed by atoms with Gasteiger partial charge in [-0.1, -0.05) is 20.3 Å². The Balaban J connectivity index is 2.91. The predicted octanol–water partition coefficient (Wildman–Crippen LogP) is 3.45. The summed E-state index contributed by atoms with van der Waals surface area (Å²) in [5.41, 5.74) is 0.649. The third kappa shape index (κ3) is 3.33. The molecule has 1 aromatic rings. The van der Waals surface area contributed by atoms with Gasteiger partial charge in [-0.3, -0.25) is 4.79 Å². The van der Waals surface area contributed by atoms with Gasteiger partial charge in [0.05, 0.1) is 13.2 Å². The predicted molar refractivity (Wildman–Crippen MR) is 70.5 cm³/mol. The third-order valence-electron chi connectivity index (χ3n) is 3.35. The molecule has 0 aliphatic rings. The molecule has 3 nitrogen and oxygen atoms in total. The molecular formula is C15H19NO2. The summed E-state index contributed by atoms with van der Waals surface area (Å²) in [5, 5.41) is 8.84. The van der Waals surface area contributed by atoms with E-state index in [4.69, 9.17) is 10.00 Å². The van der Waals surface area contributed by atoms with Gasteiger partial charge in [0.1, 0.15) is 5.75 Å². The Morgan fingerprint density at radius 2 is 2.00 bits per heavy atom. The highest BCUT2D eigenvalue weighted by molar-refractivity contribution is 5.98. The first-order chi connectivity index (χ1) is 8.63. The average Bonchev–Trinajstić information content (AvgIpc) is 2.43. The standard InChI is InChI=1S/C15H19NO2/c1-4-11(2)14(9-10-16)15(17)12-5-7-13(18-3)8-6-12/h5-8,11,14H,4,9H2,1-3H3. The molecule has 0 aliphatic carbocycles. The minimum atomic E-state index is -0.214. The van der Waals surface area contributed by atoms with Crippen molar-refractivity contribution in [3.05, 3.63) is 29.8 Å². The van der Waals surface area contributed by atoms with Gasteiger partial charge >= 0.3 is 0 Å². The smallest absolute Gasteiger partial charge is 0.167 e. The summed E-state index contributed by atoms with van der Waals surface area (Å²) in [6.07, 6.45) is 1.17. The van der Waals surface area contributed by atoms with Crippen LogP contribution >= 0.6 is 0 Å². The molecule has 0 saturated heterocycles. The second kappa shape index (κ2) is 6.80. The molecule has 2 unspecified atom stereocenters. The van der Waals surface area contributed by atoms with E-state index in [2.05, 4.69) is 6.07 Å². The van der Waals surface area contributed by atoms with Crippen molar-refractivity contribution < 1.29 is 9.53 Å². The number of nitrogens with zero attached hydrogens (tertiary/aromatic N) is 1. The number of benzene rings is 1. The Hall–Kier alpha value is -1.82. The van der Waals surface area contributed by atoms with Crippen LogP contribution in [0.1, 0.15) is 37.0 Å². The molecule has 0 saturated carbocycles. The fraction of sp³-hybridized carbons (Fsp3) is 0.467. The maximum Gasteiger partial charge on any atom is 0.167 e. The third-order valence-corrected chi connectivity index (χ3v) is 3.35. The quantitative estimate of drug-likeness (QED) is 0.721. The summed E-state index contributed by atoms with van der Waals surface area (Å²) >= 11 is 0. The number of nitriles is 1. The molecule has 3 heteroatoms. The summed E-state index contributed by atoms with van der Waals surface area (Å²) in [5.74, 6) is 0.785. The Morgan fingerprint density at radius 1 is 1.39 bits per heavy atom. The maximum atomic E-state index is 12.3. The molecule has 0 fully saturated rings. The number of methoxy groups -OCH3 is 1. The van der Waals surface area contributed by atoms with Crippen LogP contribution < -0.4 is 4.74 Å². The fourth-order valence-corrected chi connectivity index (χ4v) is 1.90. The van der Waals surface area contributed by atoms with Gasteiger partial charge < -0.3 is 4.74 Å². The van der Waals surface area contributed by atoms with E-state index < -0.39 is 0 Å². The molecule has 0 spiro atoms. The van der Waals surface area contributed by atoms with Gasteiger partial charge in [-0.15, -0.1) is 0 Å². The first-order valence-electron chi connectivity index (χ1n) is 6.19. The van der Waals surface area contributed by atoms with E-state index in [-0.39, 0.29) is 24.0 Å². The Labute approximate surface area is 108 Å². The van der Waals surface area contributed by atoms with Gasteiger partial charge in [0.25, 0.3) is 0 Å². The van der Waals surface area contributed by atoms with E-state index in [0.29, 0.717) is 5.56 Å². The van der Waals surface area contributed by atoms with E-state index in [9.17, 15) is 4.79 Å². The molecule has 0 aromatic heterocycles. The number of hydrogen-bond donors (Lipinski definition) is 0. The van der Waals surface area contributed by atoms with Crippen molar-refractivity contribution in [2.45, 2.75) is 26.7 Å². The van der Waals surface area contributed by atoms with Gasteiger partial charge in [0.15, 0.2) is 5.78 Å². The molecule has 18 heavy (non-hydrogen) atoms. The zero-order valence-corrected chi connectivity index (χ0v) is 11.1. The molecule has 0 amide bonds. The molecule has 1 rings (SSSR count). The number of Topliss-reactive ketones (excluding diaryl/α,β-unsaturated/α-hetero) is 1. The summed E-state index contributed by atoms with van der Waals surface area (Å²) in [6.45, 7) is 4.06. The van der Waals surface area contributed by atoms with E-state index in [0.717, 1.165) is 12.2 Å². The molecule has 0 heterocycles. The van der Waals surface area contributed by atoms with Crippen molar-refractivity contribution >= 4 is 5.78 Å². The normalized spacial score (nSPS) is 13.4. The SMILES string of the molecule is CCC(C)C(CC#N)C(=O)c1ccc(OC)cc1. The van der Waals surface area contributed by atoms with Gasteiger partial charge in [-0.25, -0.2) is 0 Å². The lowest BCUT2D eigenvalue weighted by atomic mass is 9.83. The summed E-state index contributed by atoms with van der Waals surface area (Å²) in [7, 11) is 1.59. The molecular weight excluding hydrogens is 226 g/mol. The minimum Gasteiger partial charge on any atom is -0.497 e. The molecule has 0 radical (unpaired) electrons. The second-order valence-electron chi connectivity index (χ2n) is 4.45. The lowest BCUT2D eigenvalue weighted by Gasteiger charge is -2.19. The van der Waals surface area contributed by atoms with Crippen molar-refractivity contribution in [1.82, 2.24) is 0 Å².